The predicted molar refractivity (Wildman–Crippen MR) is 90.3 cm³/mol. The van der Waals surface area contributed by atoms with Crippen molar-refractivity contribution in [3.63, 3.8) is 0 Å². The summed E-state index contributed by atoms with van der Waals surface area (Å²) < 4.78 is 1.71. The summed E-state index contributed by atoms with van der Waals surface area (Å²) in [7, 11) is 1.57. The molecule has 0 unspecified atom stereocenters. The minimum absolute atomic E-state index is 0.181. The standard InChI is InChI=1S/C17H23N5O2/c1-12(2)8-15(17(24)18-3)21-16(23)14-6-4-13(5-7-14)9-22-11-19-10-20-22/h4-7,10-12,15H,8-9H2,1-3H3,(H,18,24)(H,21,23)/t15-/m0/s1. The molecule has 2 amide bonds. The van der Waals surface area contributed by atoms with Crippen LogP contribution in [-0.2, 0) is 11.3 Å². The third kappa shape index (κ3) is 4.91. The largest absolute Gasteiger partial charge is 0.357 e. The molecular weight excluding hydrogens is 306 g/mol. The molecule has 0 fully saturated rings. The molecule has 24 heavy (non-hydrogen) atoms. The van der Waals surface area contributed by atoms with Gasteiger partial charge in [-0.25, -0.2) is 9.67 Å². The lowest BCUT2D eigenvalue weighted by atomic mass is 10.0. The molecule has 2 aromatic rings. The quantitative estimate of drug-likeness (QED) is 0.799. The maximum absolute atomic E-state index is 12.4. The van der Waals surface area contributed by atoms with E-state index in [1.54, 1.807) is 30.2 Å². The Labute approximate surface area is 141 Å². The average Bonchev–Trinajstić information content (AvgIpc) is 3.06. The number of carbonyl (C=O) groups excluding carboxylic acids is 2. The van der Waals surface area contributed by atoms with E-state index >= 15 is 0 Å². The number of hydrogen-bond acceptors (Lipinski definition) is 4. The highest BCUT2D eigenvalue weighted by molar-refractivity contribution is 5.97. The minimum atomic E-state index is -0.530. The lowest BCUT2D eigenvalue weighted by Gasteiger charge is -2.19. The lowest BCUT2D eigenvalue weighted by Crippen LogP contribution is -2.46. The van der Waals surface area contributed by atoms with Gasteiger partial charge in [0.05, 0.1) is 6.54 Å². The summed E-state index contributed by atoms with van der Waals surface area (Å²) in [5.74, 6) is -0.130. The molecule has 1 aromatic heterocycles. The first-order chi connectivity index (χ1) is 11.5. The van der Waals surface area contributed by atoms with Crippen LogP contribution in [0, 0.1) is 5.92 Å². The van der Waals surface area contributed by atoms with Crippen molar-refractivity contribution >= 4 is 11.8 Å². The summed E-state index contributed by atoms with van der Waals surface area (Å²) in [5, 5.41) is 9.44. The fourth-order valence-corrected chi connectivity index (χ4v) is 2.38. The van der Waals surface area contributed by atoms with Crippen LogP contribution < -0.4 is 10.6 Å². The summed E-state index contributed by atoms with van der Waals surface area (Å²) >= 11 is 0. The first kappa shape index (κ1) is 17.7. The number of amides is 2. The maximum Gasteiger partial charge on any atom is 0.251 e. The van der Waals surface area contributed by atoms with Crippen LogP contribution in [0.5, 0.6) is 0 Å². The number of hydrogen-bond donors (Lipinski definition) is 2. The highest BCUT2D eigenvalue weighted by Gasteiger charge is 2.21. The normalized spacial score (nSPS) is 12.0. The Morgan fingerprint density at radius 3 is 2.46 bits per heavy atom. The predicted octanol–water partition coefficient (Wildman–Crippen LogP) is 1.22. The number of aromatic nitrogens is 3. The van der Waals surface area contributed by atoms with Gasteiger partial charge in [0, 0.05) is 12.6 Å². The molecule has 1 heterocycles. The van der Waals surface area contributed by atoms with E-state index in [9.17, 15) is 9.59 Å². The van der Waals surface area contributed by atoms with Gasteiger partial charge in [-0.2, -0.15) is 5.10 Å². The van der Waals surface area contributed by atoms with Gasteiger partial charge in [-0.15, -0.1) is 0 Å². The van der Waals surface area contributed by atoms with Crippen molar-refractivity contribution in [2.75, 3.05) is 7.05 Å². The first-order valence-electron chi connectivity index (χ1n) is 7.93. The van der Waals surface area contributed by atoms with E-state index in [1.807, 2.05) is 26.0 Å². The smallest absolute Gasteiger partial charge is 0.251 e. The molecule has 0 aliphatic rings. The SMILES string of the molecule is CNC(=O)[C@H](CC(C)C)NC(=O)c1ccc(Cn2cncn2)cc1. The third-order valence-corrected chi connectivity index (χ3v) is 3.60. The number of nitrogens with zero attached hydrogens (tertiary/aromatic N) is 3. The van der Waals surface area contributed by atoms with Crippen molar-refractivity contribution < 1.29 is 9.59 Å². The molecule has 0 bridgehead atoms. The Hall–Kier alpha value is -2.70. The van der Waals surface area contributed by atoms with Crippen LogP contribution in [0.2, 0.25) is 0 Å². The van der Waals surface area contributed by atoms with Gasteiger partial charge in [0.25, 0.3) is 5.91 Å². The van der Waals surface area contributed by atoms with Crippen LogP contribution in [0.3, 0.4) is 0 Å². The van der Waals surface area contributed by atoms with Crippen LogP contribution in [0.25, 0.3) is 0 Å². The van der Waals surface area contributed by atoms with Crippen molar-refractivity contribution in [3.05, 3.63) is 48.0 Å². The van der Waals surface area contributed by atoms with Crippen LogP contribution in [0.1, 0.15) is 36.2 Å². The van der Waals surface area contributed by atoms with E-state index in [-0.39, 0.29) is 11.8 Å². The van der Waals surface area contributed by atoms with Crippen molar-refractivity contribution in [2.45, 2.75) is 32.9 Å². The van der Waals surface area contributed by atoms with Crippen molar-refractivity contribution in [2.24, 2.45) is 5.92 Å². The van der Waals surface area contributed by atoms with Crippen LogP contribution in [0.4, 0.5) is 0 Å². The molecule has 2 N–H and O–H groups in total. The maximum atomic E-state index is 12.4. The van der Waals surface area contributed by atoms with Crippen molar-refractivity contribution in [3.8, 4) is 0 Å². The Kier molecular flexibility index (Phi) is 6.06. The molecule has 0 spiro atoms. The molecule has 0 radical (unpaired) electrons. The molecule has 7 nitrogen and oxygen atoms in total. The fourth-order valence-electron chi connectivity index (χ4n) is 2.38. The van der Waals surface area contributed by atoms with Gasteiger partial charge >= 0.3 is 0 Å². The van der Waals surface area contributed by atoms with E-state index < -0.39 is 6.04 Å². The van der Waals surface area contributed by atoms with E-state index in [0.717, 1.165) is 5.56 Å². The van der Waals surface area contributed by atoms with Crippen LogP contribution >= 0.6 is 0 Å². The molecule has 2 rings (SSSR count). The van der Waals surface area contributed by atoms with Crippen molar-refractivity contribution in [1.29, 1.82) is 0 Å². The zero-order chi connectivity index (χ0) is 17.5. The highest BCUT2D eigenvalue weighted by Crippen LogP contribution is 2.09. The van der Waals surface area contributed by atoms with Gasteiger partial charge in [-0.3, -0.25) is 9.59 Å². The molecule has 7 heteroatoms. The molecule has 1 atom stereocenters. The van der Waals surface area contributed by atoms with Crippen LogP contribution in [-0.4, -0.2) is 39.7 Å². The monoisotopic (exact) mass is 329 g/mol. The summed E-state index contributed by atoms with van der Waals surface area (Å²) in [5.41, 5.74) is 1.54. The van der Waals surface area contributed by atoms with Crippen LogP contribution in [0.15, 0.2) is 36.9 Å². The second-order valence-electron chi connectivity index (χ2n) is 6.06. The Morgan fingerprint density at radius 1 is 1.21 bits per heavy atom. The summed E-state index contributed by atoms with van der Waals surface area (Å²) in [6.07, 6.45) is 3.71. The zero-order valence-electron chi connectivity index (χ0n) is 14.2. The summed E-state index contributed by atoms with van der Waals surface area (Å²) in [6, 6.07) is 6.70. The minimum Gasteiger partial charge on any atom is -0.357 e. The molecule has 0 saturated heterocycles. The summed E-state index contributed by atoms with van der Waals surface area (Å²) in [6.45, 7) is 4.62. The number of nitrogens with one attached hydrogen (secondary N) is 2. The Morgan fingerprint density at radius 2 is 1.92 bits per heavy atom. The Balaban J connectivity index is 2.01. The molecule has 0 saturated carbocycles. The fraction of sp³-hybridized carbons (Fsp3) is 0.412. The molecule has 1 aromatic carbocycles. The topological polar surface area (TPSA) is 88.9 Å². The molecule has 0 aliphatic heterocycles. The number of likely N-dealkylation sites (N-methyl/N-ethyl adjacent to an activating group) is 1. The first-order valence-corrected chi connectivity index (χ1v) is 7.93. The highest BCUT2D eigenvalue weighted by atomic mass is 16.2. The van der Waals surface area contributed by atoms with Gasteiger partial charge in [-0.05, 0) is 30.0 Å². The lowest BCUT2D eigenvalue weighted by molar-refractivity contribution is -0.122. The van der Waals surface area contributed by atoms with Gasteiger partial charge in [0.1, 0.15) is 18.7 Å². The Bertz CT molecular complexity index is 665. The van der Waals surface area contributed by atoms with E-state index in [0.29, 0.717) is 24.4 Å². The second-order valence-corrected chi connectivity index (χ2v) is 6.06. The third-order valence-electron chi connectivity index (χ3n) is 3.60. The molecule has 0 aliphatic carbocycles. The second kappa shape index (κ2) is 8.24. The van der Waals surface area contributed by atoms with E-state index in [1.165, 1.54) is 6.33 Å². The molecular formula is C17H23N5O2. The van der Waals surface area contributed by atoms with Gasteiger partial charge in [0.15, 0.2) is 0 Å². The van der Waals surface area contributed by atoms with Gasteiger partial charge in [0.2, 0.25) is 5.91 Å². The van der Waals surface area contributed by atoms with Gasteiger partial charge < -0.3 is 10.6 Å². The zero-order valence-corrected chi connectivity index (χ0v) is 14.2. The number of benzene rings is 1. The van der Waals surface area contributed by atoms with Gasteiger partial charge in [-0.1, -0.05) is 26.0 Å². The number of rotatable bonds is 7. The average molecular weight is 329 g/mol. The van der Waals surface area contributed by atoms with Crippen molar-refractivity contribution in [1.82, 2.24) is 25.4 Å². The van der Waals surface area contributed by atoms with E-state index in [4.69, 9.17) is 0 Å². The summed E-state index contributed by atoms with van der Waals surface area (Å²) in [4.78, 5) is 28.2. The van der Waals surface area contributed by atoms with E-state index in [2.05, 4.69) is 20.7 Å². The number of carbonyl (C=O) groups is 2. The molecule has 128 valence electrons.